The maximum Gasteiger partial charge on any atom is 0.216 e. The minimum Gasteiger partial charge on any atom is -0.378 e. The summed E-state index contributed by atoms with van der Waals surface area (Å²) >= 11 is 6.13. The van der Waals surface area contributed by atoms with E-state index in [1.165, 1.54) is 4.31 Å². The Morgan fingerprint density at radius 1 is 1.32 bits per heavy atom. The number of sulfonamides is 1. The van der Waals surface area contributed by atoms with Crippen LogP contribution in [0.3, 0.4) is 0 Å². The van der Waals surface area contributed by atoms with Crippen LogP contribution in [0.15, 0.2) is 18.3 Å². The molecular weight excluding hydrogens is 326 g/mol. The molecule has 0 N–H and O–H groups in total. The average Bonchev–Trinajstić information content (AvgIpc) is 2.47. The quantitative estimate of drug-likeness (QED) is 0.782. The van der Waals surface area contributed by atoms with Gasteiger partial charge in [-0.3, -0.25) is 0 Å². The van der Waals surface area contributed by atoms with E-state index in [9.17, 15) is 8.42 Å². The minimum absolute atomic E-state index is 0.0233. The van der Waals surface area contributed by atoms with Crippen LogP contribution in [0.1, 0.15) is 13.8 Å². The van der Waals surface area contributed by atoms with Crippen molar-refractivity contribution in [2.75, 3.05) is 43.4 Å². The molecule has 0 spiro atoms. The molecule has 8 heteroatoms. The molecule has 0 atom stereocenters. The minimum atomic E-state index is -3.27. The van der Waals surface area contributed by atoms with Crippen molar-refractivity contribution < 1.29 is 13.2 Å². The Hall–Kier alpha value is -0.890. The van der Waals surface area contributed by atoms with E-state index in [4.69, 9.17) is 16.3 Å². The predicted molar refractivity (Wildman–Crippen MR) is 87.9 cm³/mol. The van der Waals surface area contributed by atoms with E-state index in [1.807, 2.05) is 18.7 Å². The number of hydrogen-bond donors (Lipinski definition) is 0. The van der Waals surface area contributed by atoms with Crippen molar-refractivity contribution in [2.45, 2.75) is 20.0 Å². The third-order valence-corrected chi connectivity index (χ3v) is 5.59. The predicted octanol–water partition coefficient (Wildman–Crippen LogP) is 1.61. The summed E-state index contributed by atoms with van der Waals surface area (Å²) in [5, 5.41) is 0.587. The van der Waals surface area contributed by atoms with E-state index >= 15 is 0 Å². The smallest absolute Gasteiger partial charge is 0.216 e. The molecular formula is C14H22ClN3O3S. The fourth-order valence-corrected chi connectivity index (χ4v) is 3.83. The first-order chi connectivity index (χ1) is 10.4. The van der Waals surface area contributed by atoms with Crippen molar-refractivity contribution in [3.8, 4) is 0 Å². The normalized spacial score (nSPS) is 17.2. The van der Waals surface area contributed by atoms with E-state index in [2.05, 4.69) is 4.98 Å². The second-order valence-electron chi connectivity index (χ2n) is 5.43. The summed E-state index contributed by atoms with van der Waals surface area (Å²) in [6.07, 6.45) is 1.73. The van der Waals surface area contributed by atoms with Gasteiger partial charge in [-0.2, -0.15) is 4.31 Å². The Bertz CT molecular complexity index is 587. The van der Waals surface area contributed by atoms with Crippen LogP contribution in [0.4, 0.5) is 5.82 Å². The van der Waals surface area contributed by atoms with Crippen LogP contribution in [0.25, 0.3) is 0 Å². The lowest BCUT2D eigenvalue weighted by molar-refractivity contribution is 0.0906. The maximum absolute atomic E-state index is 12.3. The molecule has 124 valence electrons. The first kappa shape index (κ1) is 17.5. The third kappa shape index (κ3) is 4.55. The van der Waals surface area contributed by atoms with Crippen molar-refractivity contribution in [1.29, 1.82) is 0 Å². The highest BCUT2D eigenvalue weighted by atomic mass is 35.5. The van der Waals surface area contributed by atoms with Crippen LogP contribution in [-0.4, -0.2) is 62.3 Å². The lowest BCUT2D eigenvalue weighted by Gasteiger charge is -2.35. The van der Waals surface area contributed by atoms with E-state index in [0.717, 1.165) is 0 Å². The Morgan fingerprint density at radius 3 is 2.59 bits per heavy atom. The van der Waals surface area contributed by atoms with Gasteiger partial charge >= 0.3 is 0 Å². The summed E-state index contributed by atoms with van der Waals surface area (Å²) in [5.74, 6) is 0.736. The first-order valence-corrected chi connectivity index (χ1v) is 9.34. The number of halogens is 1. The molecule has 22 heavy (non-hydrogen) atoms. The van der Waals surface area contributed by atoms with Gasteiger partial charge in [-0.15, -0.1) is 0 Å². The largest absolute Gasteiger partial charge is 0.378 e. The molecule has 0 radical (unpaired) electrons. The van der Waals surface area contributed by atoms with E-state index in [-0.39, 0.29) is 18.5 Å². The number of piperazine rings is 1. The average molecular weight is 348 g/mol. The summed E-state index contributed by atoms with van der Waals surface area (Å²) in [4.78, 5) is 6.28. The molecule has 1 aromatic rings. The molecule has 1 aliphatic heterocycles. The van der Waals surface area contributed by atoms with Crippen LogP contribution in [-0.2, 0) is 14.8 Å². The van der Waals surface area contributed by atoms with E-state index < -0.39 is 10.0 Å². The van der Waals surface area contributed by atoms with Gasteiger partial charge < -0.3 is 9.64 Å². The molecule has 6 nitrogen and oxygen atoms in total. The number of nitrogens with zero attached hydrogens (tertiary/aromatic N) is 3. The van der Waals surface area contributed by atoms with Gasteiger partial charge in [0.25, 0.3) is 0 Å². The van der Waals surface area contributed by atoms with Crippen LogP contribution in [0.2, 0.25) is 5.02 Å². The molecule has 2 rings (SSSR count). The summed E-state index contributed by atoms with van der Waals surface area (Å²) in [6.45, 7) is 6.06. The maximum atomic E-state index is 12.3. The van der Waals surface area contributed by atoms with Gasteiger partial charge in [0.15, 0.2) is 0 Å². The second-order valence-corrected chi connectivity index (χ2v) is 7.93. The van der Waals surface area contributed by atoms with Gasteiger partial charge in [-0.25, -0.2) is 13.4 Å². The van der Waals surface area contributed by atoms with Gasteiger partial charge in [0.05, 0.1) is 23.5 Å². The summed E-state index contributed by atoms with van der Waals surface area (Å²) < 4.78 is 31.4. The Kier molecular flexibility index (Phi) is 6.02. The van der Waals surface area contributed by atoms with Gasteiger partial charge in [0, 0.05) is 32.4 Å². The van der Waals surface area contributed by atoms with Crippen LogP contribution in [0, 0.1) is 0 Å². The van der Waals surface area contributed by atoms with Gasteiger partial charge in [0.1, 0.15) is 5.82 Å². The fourth-order valence-electron chi connectivity index (χ4n) is 2.31. The van der Waals surface area contributed by atoms with Crippen LogP contribution >= 0.6 is 11.6 Å². The highest BCUT2D eigenvalue weighted by molar-refractivity contribution is 7.89. The Labute approximate surface area is 137 Å². The number of pyridine rings is 1. The van der Waals surface area contributed by atoms with Gasteiger partial charge in [-0.05, 0) is 26.0 Å². The lowest BCUT2D eigenvalue weighted by Crippen LogP contribution is -2.50. The molecule has 0 saturated carbocycles. The summed E-state index contributed by atoms with van der Waals surface area (Å²) in [7, 11) is -3.27. The molecule has 0 bridgehead atoms. The zero-order valence-corrected chi connectivity index (χ0v) is 14.5. The summed E-state index contributed by atoms with van der Waals surface area (Å²) in [6, 6.07) is 3.57. The van der Waals surface area contributed by atoms with E-state index in [0.29, 0.717) is 37.0 Å². The number of aromatic nitrogens is 1. The van der Waals surface area contributed by atoms with Crippen molar-refractivity contribution in [3.63, 3.8) is 0 Å². The molecule has 1 saturated heterocycles. The zero-order valence-electron chi connectivity index (χ0n) is 12.9. The molecule has 1 fully saturated rings. The number of anilines is 1. The van der Waals surface area contributed by atoms with Gasteiger partial charge in [-0.1, -0.05) is 11.6 Å². The summed E-state index contributed by atoms with van der Waals surface area (Å²) in [5.41, 5.74) is 0. The van der Waals surface area contributed by atoms with Crippen molar-refractivity contribution in [2.24, 2.45) is 0 Å². The van der Waals surface area contributed by atoms with Crippen LogP contribution in [0.5, 0.6) is 0 Å². The number of hydrogen-bond acceptors (Lipinski definition) is 5. The third-order valence-electron chi connectivity index (χ3n) is 3.46. The van der Waals surface area contributed by atoms with E-state index in [1.54, 1.807) is 18.3 Å². The van der Waals surface area contributed by atoms with Crippen molar-refractivity contribution in [1.82, 2.24) is 9.29 Å². The number of rotatable bonds is 6. The lowest BCUT2D eigenvalue weighted by atomic mass is 10.3. The number of ether oxygens (including phenoxy) is 1. The van der Waals surface area contributed by atoms with Crippen LogP contribution < -0.4 is 4.90 Å². The molecule has 1 aliphatic rings. The molecule has 0 aromatic carbocycles. The fraction of sp³-hybridized carbons (Fsp3) is 0.643. The molecule has 0 unspecified atom stereocenters. The standard InChI is InChI=1S/C14H22ClN3O3S/c1-12(2)21-10-11-22(19,20)18-8-6-17(7-9-18)14-13(15)4-3-5-16-14/h3-5,12H,6-11H2,1-2H3. The van der Waals surface area contributed by atoms with Crippen molar-refractivity contribution in [3.05, 3.63) is 23.4 Å². The Morgan fingerprint density at radius 2 is 2.00 bits per heavy atom. The first-order valence-electron chi connectivity index (χ1n) is 7.35. The molecule has 0 aliphatic carbocycles. The van der Waals surface area contributed by atoms with Gasteiger partial charge in [0.2, 0.25) is 10.0 Å². The van der Waals surface area contributed by atoms with Crippen molar-refractivity contribution >= 4 is 27.4 Å². The topological polar surface area (TPSA) is 62.7 Å². The zero-order chi connectivity index (χ0) is 16.2. The molecule has 0 amide bonds. The highest BCUT2D eigenvalue weighted by Gasteiger charge is 2.27. The monoisotopic (exact) mass is 347 g/mol. The highest BCUT2D eigenvalue weighted by Crippen LogP contribution is 2.23. The second kappa shape index (κ2) is 7.59. The molecule has 2 heterocycles. The SMILES string of the molecule is CC(C)OCCS(=O)(=O)N1CCN(c2ncccc2Cl)CC1. The Balaban J connectivity index is 1.90. The molecule has 1 aromatic heterocycles.